The summed E-state index contributed by atoms with van der Waals surface area (Å²) in [6.07, 6.45) is 4.43. The Hall–Kier alpha value is -2.73. The largest absolute Gasteiger partial charge is 0.497 e. The summed E-state index contributed by atoms with van der Waals surface area (Å²) in [5.74, 6) is 0.765. The predicted octanol–water partition coefficient (Wildman–Crippen LogP) is 4.56. The summed E-state index contributed by atoms with van der Waals surface area (Å²) in [4.78, 5) is 29.8. The number of fused-ring (bicyclic) bond motifs is 1. The van der Waals surface area contributed by atoms with Crippen LogP contribution in [0.2, 0.25) is 5.02 Å². The number of nitrogens with one attached hydrogen (secondary N) is 1. The highest BCUT2D eigenvalue weighted by molar-refractivity contribution is 6.30. The van der Waals surface area contributed by atoms with Crippen LogP contribution in [0.5, 0.6) is 5.75 Å². The summed E-state index contributed by atoms with van der Waals surface area (Å²) in [6.45, 7) is 1.08. The molecule has 4 rings (SSSR count). The van der Waals surface area contributed by atoms with Crippen molar-refractivity contribution >= 4 is 23.5 Å². The number of rotatable bonds is 5. The Labute approximate surface area is 194 Å². The molecule has 1 fully saturated rings. The average molecular weight is 456 g/mol. The third-order valence-corrected chi connectivity index (χ3v) is 6.72. The molecule has 0 aromatic heterocycles. The maximum absolute atomic E-state index is 13.2. The number of halogens is 1. The van der Waals surface area contributed by atoms with Crippen LogP contribution >= 0.6 is 11.6 Å². The number of carbonyl (C=O) groups excluding carboxylic acids is 2. The van der Waals surface area contributed by atoms with Gasteiger partial charge in [0.25, 0.3) is 0 Å². The molecule has 0 bridgehead atoms. The molecule has 0 radical (unpaired) electrons. The third-order valence-electron chi connectivity index (χ3n) is 6.47. The van der Waals surface area contributed by atoms with E-state index in [0.29, 0.717) is 24.5 Å². The van der Waals surface area contributed by atoms with Gasteiger partial charge in [-0.2, -0.15) is 0 Å². The molecule has 1 aliphatic heterocycles. The molecule has 32 heavy (non-hydrogen) atoms. The maximum Gasteiger partial charge on any atom is 0.318 e. The van der Waals surface area contributed by atoms with Gasteiger partial charge in [-0.3, -0.25) is 4.79 Å². The van der Waals surface area contributed by atoms with Crippen LogP contribution in [0.3, 0.4) is 0 Å². The Morgan fingerprint density at radius 1 is 1.16 bits per heavy atom. The van der Waals surface area contributed by atoms with E-state index in [4.69, 9.17) is 16.3 Å². The van der Waals surface area contributed by atoms with Crippen LogP contribution in [0.1, 0.15) is 48.4 Å². The summed E-state index contributed by atoms with van der Waals surface area (Å²) < 4.78 is 5.38. The van der Waals surface area contributed by atoms with Crippen LogP contribution in [-0.4, -0.2) is 48.5 Å². The monoisotopic (exact) mass is 455 g/mol. The number of benzene rings is 2. The summed E-state index contributed by atoms with van der Waals surface area (Å²) in [6, 6.07) is 12.9. The first-order valence-electron chi connectivity index (χ1n) is 11.2. The van der Waals surface area contributed by atoms with Crippen LogP contribution in [-0.2, 0) is 17.8 Å². The van der Waals surface area contributed by atoms with Gasteiger partial charge in [-0.1, -0.05) is 29.8 Å². The van der Waals surface area contributed by atoms with Gasteiger partial charge in [0, 0.05) is 25.2 Å². The van der Waals surface area contributed by atoms with E-state index >= 15 is 0 Å². The number of aryl methyl sites for hydroxylation is 1. The molecule has 170 valence electrons. The van der Waals surface area contributed by atoms with E-state index < -0.39 is 6.04 Å². The molecule has 2 atom stereocenters. The van der Waals surface area contributed by atoms with Gasteiger partial charge in [0.15, 0.2) is 0 Å². The number of urea groups is 1. The highest BCUT2D eigenvalue weighted by Crippen LogP contribution is 2.33. The second-order valence-electron chi connectivity index (χ2n) is 8.63. The summed E-state index contributed by atoms with van der Waals surface area (Å²) in [5, 5.41) is 3.86. The molecule has 0 saturated carbocycles. The fourth-order valence-corrected chi connectivity index (χ4v) is 4.87. The first-order valence-corrected chi connectivity index (χ1v) is 11.6. The van der Waals surface area contributed by atoms with E-state index in [-0.39, 0.29) is 18.0 Å². The summed E-state index contributed by atoms with van der Waals surface area (Å²) >= 11 is 5.96. The zero-order valence-corrected chi connectivity index (χ0v) is 19.4. The van der Waals surface area contributed by atoms with Gasteiger partial charge in [-0.25, -0.2) is 4.79 Å². The molecular formula is C25H30ClN3O3. The zero-order chi connectivity index (χ0) is 22.7. The number of nitrogens with zero attached hydrogens (tertiary/aromatic N) is 2. The molecule has 3 amide bonds. The lowest BCUT2D eigenvalue weighted by Crippen LogP contribution is -2.50. The predicted molar refractivity (Wildman–Crippen MR) is 125 cm³/mol. The Bertz CT molecular complexity index is 979. The van der Waals surface area contributed by atoms with Gasteiger partial charge in [0.05, 0.1) is 13.2 Å². The van der Waals surface area contributed by atoms with Crippen LogP contribution in [0.15, 0.2) is 42.5 Å². The third kappa shape index (κ3) is 4.85. The molecule has 1 saturated heterocycles. The van der Waals surface area contributed by atoms with Crippen molar-refractivity contribution in [1.82, 2.24) is 15.1 Å². The minimum Gasteiger partial charge on any atom is -0.497 e. The maximum atomic E-state index is 13.2. The number of amides is 3. The Morgan fingerprint density at radius 3 is 2.69 bits per heavy atom. The van der Waals surface area contributed by atoms with Crippen LogP contribution in [0.4, 0.5) is 4.79 Å². The summed E-state index contributed by atoms with van der Waals surface area (Å²) in [7, 11) is 3.44. The standard InChI is InChI=1S/C25H30ClN3O3/c1-28(16-17-8-11-19(26)12-9-17)24(30)23-7-4-14-29(23)25(31)27-22-6-3-5-18-10-13-20(32-2)15-21(18)22/h8-13,15,22-23H,3-7,14,16H2,1-2H3,(H,27,31)/t22-,23?/m0/s1. The fraction of sp³-hybridized carbons (Fsp3) is 0.440. The van der Waals surface area contributed by atoms with Crippen molar-refractivity contribution < 1.29 is 14.3 Å². The number of methoxy groups -OCH3 is 1. The lowest BCUT2D eigenvalue weighted by molar-refractivity contribution is -0.134. The molecule has 2 aromatic rings. The molecule has 6 nitrogen and oxygen atoms in total. The van der Waals surface area contributed by atoms with E-state index in [2.05, 4.69) is 11.4 Å². The van der Waals surface area contributed by atoms with Gasteiger partial charge < -0.3 is 19.9 Å². The molecule has 1 aliphatic carbocycles. The lowest BCUT2D eigenvalue weighted by Gasteiger charge is -2.32. The van der Waals surface area contributed by atoms with E-state index in [1.807, 2.05) is 36.4 Å². The van der Waals surface area contributed by atoms with Gasteiger partial charge >= 0.3 is 6.03 Å². The van der Waals surface area contributed by atoms with Crippen molar-refractivity contribution in [2.24, 2.45) is 0 Å². The number of hydrogen-bond acceptors (Lipinski definition) is 3. The first kappa shape index (κ1) is 22.5. The first-order chi connectivity index (χ1) is 15.5. The summed E-state index contributed by atoms with van der Waals surface area (Å²) in [5.41, 5.74) is 3.37. The number of ether oxygens (including phenoxy) is 1. The number of hydrogen-bond donors (Lipinski definition) is 1. The molecule has 2 aromatic carbocycles. The van der Waals surface area contributed by atoms with Gasteiger partial charge in [0.2, 0.25) is 5.91 Å². The second kappa shape index (κ2) is 9.82. The highest BCUT2D eigenvalue weighted by atomic mass is 35.5. The normalized spacial score (nSPS) is 19.9. The molecular weight excluding hydrogens is 426 g/mol. The Kier molecular flexibility index (Phi) is 6.89. The van der Waals surface area contributed by atoms with Crippen molar-refractivity contribution in [1.29, 1.82) is 0 Å². The van der Waals surface area contributed by atoms with Crippen molar-refractivity contribution in [2.45, 2.75) is 50.7 Å². The van der Waals surface area contributed by atoms with Crippen LogP contribution in [0, 0.1) is 0 Å². The van der Waals surface area contributed by atoms with Crippen molar-refractivity contribution in [3.05, 3.63) is 64.2 Å². The van der Waals surface area contributed by atoms with Gasteiger partial charge in [-0.05, 0) is 73.1 Å². The Morgan fingerprint density at radius 2 is 1.94 bits per heavy atom. The topological polar surface area (TPSA) is 61.9 Å². The number of likely N-dealkylation sites (N-methyl/N-ethyl adjacent to an activating group) is 1. The minimum absolute atomic E-state index is 0.0293. The fourth-order valence-electron chi connectivity index (χ4n) is 4.75. The SMILES string of the molecule is COc1ccc2c(c1)[C@@H](NC(=O)N1CCCC1C(=O)N(C)Cc1ccc(Cl)cc1)CCC2. The molecule has 7 heteroatoms. The van der Waals surface area contributed by atoms with Crippen LogP contribution in [0.25, 0.3) is 0 Å². The Balaban J connectivity index is 1.43. The van der Waals surface area contributed by atoms with Gasteiger partial charge in [-0.15, -0.1) is 0 Å². The average Bonchev–Trinajstić information content (AvgIpc) is 3.30. The molecule has 0 spiro atoms. The van der Waals surface area contributed by atoms with Crippen molar-refractivity contribution in [3.8, 4) is 5.75 Å². The van der Waals surface area contributed by atoms with E-state index in [1.165, 1.54) is 5.56 Å². The quantitative estimate of drug-likeness (QED) is 0.719. The van der Waals surface area contributed by atoms with Crippen molar-refractivity contribution in [3.63, 3.8) is 0 Å². The van der Waals surface area contributed by atoms with E-state index in [9.17, 15) is 9.59 Å². The highest BCUT2D eigenvalue weighted by Gasteiger charge is 2.37. The van der Waals surface area contributed by atoms with E-state index in [0.717, 1.165) is 42.6 Å². The second-order valence-corrected chi connectivity index (χ2v) is 9.07. The van der Waals surface area contributed by atoms with Gasteiger partial charge in [0.1, 0.15) is 11.8 Å². The number of carbonyl (C=O) groups is 2. The molecule has 1 unspecified atom stereocenters. The van der Waals surface area contributed by atoms with Crippen molar-refractivity contribution in [2.75, 3.05) is 20.7 Å². The number of likely N-dealkylation sites (tertiary alicyclic amines) is 1. The van der Waals surface area contributed by atoms with Crippen LogP contribution < -0.4 is 10.1 Å². The smallest absolute Gasteiger partial charge is 0.318 e. The van der Waals surface area contributed by atoms with E-state index in [1.54, 1.807) is 24.0 Å². The molecule has 1 N–H and O–H groups in total. The molecule has 1 heterocycles. The lowest BCUT2D eigenvalue weighted by atomic mass is 9.87. The molecule has 2 aliphatic rings. The zero-order valence-electron chi connectivity index (χ0n) is 18.6. The minimum atomic E-state index is -0.430.